The molecular formula is C11H15BrFN. The summed E-state index contributed by atoms with van der Waals surface area (Å²) in [4.78, 5) is 0. The summed E-state index contributed by atoms with van der Waals surface area (Å²) in [5.41, 5.74) is 0.585. The monoisotopic (exact) mass is 259 g/mol. The minimum atomic E-state index is -0.203. The third-order valence-corrected chi connectivity index (χ3v) is 2.77. The molecule has 0 aliphatic carbocycles. The van der Waals surface area contributed by atoms with Gasteiger partial charge >= 0.3 is 0 Å². The highest BCUT2D eigenvalue weighted by molar-refractivity contribution is 9.10. The molecule has 1 aromatic carbocycles. The molecule has 0 aliphatic heterocycles. The van der Waals surface area contributed by atoms with E-state index in [1.54, 1.807) is 6.07 Å². The second kappa shape index (κ2) is 5.35. The summed E-state index contributed by atoms with van der Waals surface area (Å²) < 4.78 is 14.2. The quantitative estimate of drug-likeness (QED) is 0.855. The minimum absolute atomic E-state index is 0.203. The van der Waals surface area contributed by atoms with Crippen LogP contribution in [0.5, 0.6) is 0 Å². The highest BCUT2D eigenvalue weighted by atomic mass is 79.9. The van der Waals surface area contributed by atoms with Gasteiger partial charge in [-0.25, -0.2) is 4.39 Å². The van der Waals surface area contributed by atoms with E-state index < -0.39 is 0 Å². The molecule has 0 aliphatic rings. The number of hydrogen-bond acceptors (Lipinski definition) is 1. The average Bonchev–Trinajstić information content (AvgIpc) is 2.17. The molecule has 0 unspecified atom stereocenters. The Balaban J connectivity index is 2.76. The number of hydrogen-bond donors (Lipinski definition) is 1. The zero-order valence-corrected chi connectivity index (χ0v) is 10.1. The predicted molar refractivity (Wildman–Crippen MR) is 62.1 cm³/mol. The van der Waals surface area contributed by atoms with Crippen molar-refractivity contribution in [1.82, 2.24) is 0 Å². The van der Waals surface area contributed by atoms with Crippen molar-refractivity contribution in [1.29, 1.82) is 0 Å². The second-order valence-electron chi connectivity index (χ2n) is 3.28. The number of nitrogens with one attached hydrogen (secondary N) is 1. The Morgan fingerprint density at radius 2 is 2.00 bits per heavy atom. The van der Waals surface area contributed by atoms with Crippen LogP contribution >= 0.6 is 15.9 Å². The third kappa shape index (κ3) is 2.98. The Labute approximate surface area is 92.8 Å². The second-order valence-corrected chi connectivity index (χ2v) is 4.20. The number of rotatable bonds is 4. The fourth-order valence-corrected chi connectivity index (χ4v) is 1.65. The van der Waals surface area contributed by atoms with Gasteiger partial charge in [-0.3, -0.25) is 0 Å². The highest BCUT2D eigenvalue weighted by Gasteiger charge is 2.07. The van der Waals surface area contributed by atoms with E-state index in [-0.39, 0.29) is 5.82 Å². The van der Waals surface area contributed by atoms with Crippen molar-refractivity contribution in [3.8, 4) is 0 Å². The Kier molecular flexibility index (Phi) is 4.39. The van der Waals surface area contributed by atoms with Crippen LogP contribution in [0.2, 0.25) is 0 Å². The largest absolute Gasteiger partial charge is 0.380 e. The molecule has 0 atom stereocenters. The first-order valence-corrected chi connectivity index (χ1v) is 5.68. The lowest BCUT2D eigenvalue weighted by atomic mass is 10.1. The van der Waals surface area contributed by atoms with E-state index in [4.69, 9.17) is 0 Å². The van der Waals surface area contributed by atoms with Crippen molar-refractivity contribution in [2.45, 2.75) is 32.7 Å². The Hall–Kier alpha value is -0.570. The maximum Gasteiger partial charge on any atom is 0.147 e. The van der Waals surface area contributed by atoms with Crippen molar-refractivity contribution < 1.29 is 4.39 Å². The first-order valence-electron chi connectivity index (χ1n) is 4.89. The van der Waals surface area contributed by atoms with Crippen LogP contribution in [0.25, 0.3) is 0 Å². The summed E-state index contributed by atoms with van der Waals surface area (Å²) in [7, 11) is 0. The van der Waals surface area contributed by atoms with Gasteiger partial charge in [0, 0.05) is 10.5 Å². The average molecular weight is 260 g/mol. The first-order chi connectivity index (χ1) is 6.67. The summed E-state index contributed by atoms with van der Waals surface area (Å²) >= 11 is 3.23. The molecule has 0 spiro atoms. The molecule has 78 valence electrons. The molecule has 0 amide bonds. The molecule has 14 heavy (non-hydrogen) atoms. The van der Waals surface area contributed by atoms with Gasteiger partial charge in [-0.05, 0) is 31.0 Å². The molecule has 0 radical (unpaired) electrons. The Bertz CT molecular complexity index is 297. The number of halogens is 2. The van der Waals surface area contributed by atoms with E-state index in [9.17, 15) is 4.39 Å². The first kappa shape index (κ1) is 11.5. The van der Waals surface area contributed by atoms with Crippen LogP contribution < -0.4 is 5.32 Å². The Morgan fingerprint density at radius 1 is 1.36 bits per heavy atom. The van der Waals surface area contributed by atoms with E-state index in [2.05, 4.69) is 35.1 Å². The molecular weight excluding hydrogens is 245 g/mol. The van der Waals surface area contributed by atoms with Crippen LogP contribution in [0.3, 0.4) is 0 Å². The molecule has 3 heteroatoms. The lowest BCUT2D eigenvalue weighted by molar-refractivity contribution is 0.615. The number of anilines is 1. The molecule has 1 nitrogen and oxygen atoms in total. The third-order valence-electron chi connectivity index (χ3n) is 2.28. The van der Waals surface area contributed by atoms with Crippen LogP contribution in [0.15, 0.2) is 22.7 Å². The fraction of sp³-hybridized carbons (Fsp3) is 0.455. The molecule has 0 bridgehead atoms. The van der Waals surface area contributed by atoms with E-state index in [1.165, 1.54) is 6.07 Å². The molecule has 0 heterocycles. The van der Waals surface area contributed by atoms with Gasteiger partial charge in [-0.2, -0.15) is 0 Å². The maximum absolute atomic E-state index is 13.4. The van der Waals surface area contributed by atoms with Gasteiger partial charge in [-0.15, -0.1) is 0 Å². The number of benzene rings is 1. The van der Waals surface area contributed by atoms with Crippen molar-refractivity contribution in [3.63, 3.8) is 0 Å². The zero-order chi connectivity index (χ0) is 10.6. The van der Waals surface area contributed by atoms with Crippen molar-refractivity contribution in [2.24, 2.45) is 0 Å². The van der Waals surface area contributed by atoms with Gasteiger partial charge in [0.1, 0.15) is 5.82 Å². The lowest BCUT2D eigenvalue weighted by Crippen LogP contribution is -2.17. The lowest BCUT2D eigenvalue weighted by Gasteiger charge is -2.16. The SMILES string of the molecule is CCC(CC)Nc1ccc(Br)cc1F. The molecule has 1 aromatic rings. The van der Waals surface area contributed by atoms with Crippen LogP contribution in [0.1, 0.15) is 26.7 Å². The summed E-state index contributed by atoms with van der Waals surface area (Å²) in [5, 5.41) is 3.18. The van der Waals surface area contributed by atoms with E-state index in [1.807, 2.05) is 6.07 Å². The molecule has 0 saturated carbocycles. The molecule has 1 N–H and O–H groups in total. The van der Waals surface area contributed by atoms with Gasteiger partial charge in [0.2, 0.25) is 0 Å². The van der Waals surface area contributed by atoms with Gasteiger partial charge in [0.05, 0.1) is 5.69 Å². The summed E-state index contributed by atoms with van der Waals surface area (Å²) in [6.45, 7) is 4.19. The van der Waals surface area contributed by atoms with Crippen LogP contribution in [-0.2, 0) is 0 Å². The summed E-state index contributed by atoms with van der Waals surface area (Å²) in [5.74, 6) is -0.203. The van der Waals surface area contributed by atoms with Crippen LogP contribution in [0.4, 0.5) is 10.1 Å². The molecule has 0 aromatic heterocycles. The molecule has 0 saturated heterocycles. The minimum Gasteiger partial charge on any atom is -0.380 e. The van der Waals surface area contributed by atoms with Gasteiger partial charge in [0.25, 0.3) is 0 Å². The summed E-state index contributed by atoms with van der Waals surface area (Å²) in [6.07, 6.45) is 2.01. The standard InChI is InChI=1S/C11H15BrFN/c1-3-9(4-2)14-11-6-5-8(12)7-10(11)13/h5-7,9,14H,3-4H2,1-2H3. The van der Waals surface area contributed by atoms with Crippen LogP contribution in [0, 0.1) is 5.82 Å². The van der Waals surface area contributed by atoms with Crippen LogP contribution in [-0.4, -0.2) is 6.04 Å². The normalized spacial score (nSPS) is 10.6. The van der Waals surface area contributed by atoms with Crippen molar-refractivity contribution in [2.75, 3.05) is 5.32 Å². The van der Waals surface area contributed by atoms with E-state index in [0.717, 1.165) is 17.3 Å². The molecule has 1 rings (SSSR count). The van der Waals surface area contributed by atoms with Crippen molar-refractivity contribution in [3.05, 3.63) is 28.5 Å². The topological polar surface area (TPSA) is 12.0 Å². The highest BCUT2D eigenvalue weighted by Crippen LogP contribution is 2.20. The zero-order valence-electron chi connectivity index (χ0n) is 8.48. The molecule has 0 fully saturated rings. The van der Waals surface area contributed by atoms with Crippen molar-refractivity contribution >= 4 is 21.6 Å². The van der Waals surface area contributed by atoms with E-state index >= 15 is 0 Å². The van der Waals surface area contributed by atoms with Gasteiger partial charge in [0.15, 0.2) is 0 Å². The van der Waals surface area contributed by atoms with Gasteiger partial charge < -0.3 is 5.32 Å². The Morgan fingerprint density at radius 3 is 2.50 bits per heavy atom. The summed E-state index contributed by atoms with van der Waals surface area (Å²) in [6, 6.07) is 5.43. The predicted octanol–water partition coefficient (Wildman–Crippen LogP) is 4.19. The fourth-order valence-electron chi connectivity index (χ4n) is 1.32. The maximum atomic E-state index is 13.4. The van der Waals surface area contributed by atoms with Gasteiger partial charge in [-0.1, -0.05) is 29.8 Å². The van der Waals surface area contributed by atoms with E-state index in [0.29, 0.717) is 11.7 Å². The smallest absolute Gasteiger partial charge is 0.147 e.